The second-order valence-corrected chi connectivity index (χ2v) is 6.87. The summed E-state index contributed by atoms with van der Waals surface area (Å²) >= 11 is 1.54. The first-order valence-electron chi connectivity index (χ1n) is 8.00. The SMILES string of the molecule is O=C(NCc1cccs1)c1ccc(Cn2cc(C(F)(F)F)ccc2=O)cc1. The van der Waals surface area contributed by atoms with Crippen molar-refractivity contribution in [2.24, 2.45) is 0 Å². The largest absolute Gasteiger partial charge is 0.417 e. The van der Waals surface area contributed by atoms with Crippen LogP contribution in [0.25, 0.3) is 0 Å². The molecule has 0 unspecified atom stereocenters. The van der Waals surface area contributed by atoms with Crippen LogP contribution in [0.15, 0.2) is 64.9 Å². The van der Waals surface area contributed by atoms with E-state index in [1.54, 1.807) is 35.6 Å². The predicted molar refractivity (Wildman–Crippen MR) is 96.7 cm³/mol. The number of hydrogen-bond acceptors (Lipinski definition) is 3. The molecule has 0 fully saturated rings. The van der Waals surface area contributed by atoms with Crippen molar-refractivity contribution in [1.82, 2.24) is 9.88 Å². The number of aromatic nitrogens is 1. The minimum absolute atomic E-state index is 0.0140. The molecule has 4 nitrogen and oxygen atoms in total. The summed E-state index contributed by atoms with van der Waals surface area (Å²) in [6.07, 6.45) is -3.72. The number of hydrogen-bond donors (Lipinski definition) is 1. The van der Waals surface area contributed by atoms with E-state index >= 15 is 0 Å². The Labute approximate surface area is 156 Å². The van der Waals surface area contributed by atoms with Crippen molar-refractivity contribution in [2.45, 2.75) is 19.3 Å². The van der Waals surface area contributed by atoms with Gasteiger partial charge in [-0.3, -0.25) is 9.59 Å². The second-order valence-electron chi connectivity index (χ2n) is 5.84. The van der Waals surface area contributed by atoms with Gasteiger partial charge in [-0.15, -0.1) is 11.3 Å². The fourth-order valence-corrected chi connectivity index (χ4v) is 3.11. The van der Waals surface area contributed by atoms with Gasteiger partial charge in [0.25, 0.3) is 11.5 Å². The number of benzene rings is 1. The standard InChI is InChI=1S/C19H15F3N2O2S/c20-19(21,22)15-7-8-17(25)24(12-15)11-13-3-5-14(6-4-13)18(26)23-10-16-2-1-9-27-16/h1-9,12H,10-11H2,(H,23,26). The molecule has 0 aliphatic heterocycles. The normalized spacial score (nSPS) is 11.4. The molecule has 0 atom stereocenters. The van der Waals surface area contributed by atoms with E-state index in [1.807, 2.05) is 17.5 Å². The number of nitrogens with zero attached hydrogens (tertiary/aromatic N) is 1. The first-order valence-corrected chi connectivity index (χ1v) is 8.88. The van der Waals surface area contributed by atoms with Crippen LogP contribution in [0.4, 0.5) is 13.2 Å². The fourth-order valence-electron chi connectivity index (χ4n) is 2.46. The quantitative estimate of drug-likeness (QED) is 0.716. The molecule has 2 heterocycles. The lowest BCUT2D eigenvalue weighted by Gasteiger charge is -2.11. The van der Waals surface area contributed by atoms with Crippen molar-refractivity contribution < 1.29 is 18.0 Å². The number of pyridine rings is 1. The van der Waals surface area contributed by atoms with Crippen LogP contribution in [0.1, 0.15) is 26.4 Å². The van der Waals surface area contributed by atoms with Crippen LogP contribution in [0.3, 0.4) is 0 Å². The highest BCUT2D eigenvalue weighted by molar-refractivity contribution is 7.09. The predicted octanol–water partition coefficient (Wildman–Crippen LogP) is 3.91. The molecular formula is C19H15F3N2O2S. The molecule has 0 saturated heterocycles. The highest BCUT2D eigenvalue weighted by Crippen LogP contribution is 2.28. The molecule has 27 heavy (non-hydrogen) atoms. The average Bonchev–Trinajstić information content (AvgIpc) is 3.15. The van der Waals surface area contributed by atoms with Crippen LogP contribution >= 0.6 is 11.3 Å². The lowest BCUT2D eigenvalue weighted by atomic mass is 10.1. The monoisotopic (exact) mass is 392 g/mol. The number of thiophene rings is 1. The summed E-state index contributed by atoms with van der Waals surface area (Å²) in [5.41, 5.74) is -0.356. The molecule has 1 N–H and O–H groups in total. The first-order chi connectivity index (χ1) is 12.8. The van der Waals surface area contributed by atoms with E-state index in [2.05, 4.69) is 5.32 Å². The van der Waals surface area contributed by atoms with Gasteiger partial charge in [0, 0.05) is 22.7 Å². The number of carbonyl (C=O) groups is 1. The Kier molecular flexibility index (Phi) is 5.46. The van der Waals surface area contributed by atoms with E-state index < -0.39 is 17.3 Å². The Bertz CT molecular complexity index is 977. The van der Waals surface area contributed by atoms with Gasteiger partial charge in [-0.25, -0.2) is 0 Å². The Morgan fingerprint density at radius 2 is 1.81 bits per heavy atom. The highest BCUT2D eigenvalue weighted by atomic mass is 32.1. The van der Waals surface area contributed by atoms with Crippen molar-refractivity contribution in [1.29, 1.82) is 0 Å². The molecule has 0 spiro atoms. The molecular weight excluding hydrogens is 377 g/mol. The second kappa shape index (κ2) is 7.79. The molecule has 140 valence electrons. The summed E-state index contributed by atoms with van der Waals surface area (Å²) in [6, 6.07) is 11.9. The molecule has 3 rings (SSSR count). The van der Waals surface area contributed by atoms with Crippen LogP contribution < -0.4 is 10.9 Å². The number of rotatable bonds is 5. The minimum atomic E-state index is -4.51. The van der Waals surface area contributed by atoms with Gasteiger partial charge in [-0.05, 0) is 35.2 Å². The molecule has 0 saturated carbocycles. The van der Waals surface area contributed by atoms with Crippen LogP contribution in [0.5, 0.6) is 0 Å². The number of carbonyl (C=O) groups excluding carboxylic acids is 1. The number of alkyl halides is 3. The van der Waals surface area contributed by atoms with Crippen LogP contribution in [-0.4, -0.2) is 10.5 Å². The van der Waals surface area contributed by atoms with E-state index in [0.29, 0.717) is 17.7 Å². The van der Waals surface area contributed by atoms with Gasteiger partial charge in [0.1, 0.15) is 0 Å². The Balaban J connectivity index is 1.69. The zero-order valence-corrected chi connectivity index (χ0v) is 14.8. The smallest absolute Gasteiger partial charge is 0.347 e. The lowest BCUT2D eigenvalue weighted by Crippen LogP contribution is -2.23. The maximum absolute atomic E-state index is 12.8. The summed E-state index contributed by atoms with van der Waals surface area (Å²) in [5, 5.41) is 4.72. The molecule has 1 aromatic carbocycles. The third-order valence-corrected chi connectivity index (χ3v) is 4.76. The third-order valence-electron chi connectivity index (χ3n) is 3.88. The third kappa shape index (κ3) is 4.85. The van der Waals surface area contributed by atoms with Crippen LogP contribution in [0, 0.1) is 0 Å². The maximum atomic E-state index is 12.8. The number of nitrogens with one attached hydrogen (secondary N) is 1. The molecule has 3 aromatic rings. The van der Waals surface area contributed by atoms with E-state index in [0.717, 1.165) is 27.8 Å². The first kappa shape index (κ1) is 18.9. The minimum Gasteiger partial charge on any atom is -0.347 e. The highest BCUT2D eigenvalue weighted by Gasteiger charge is 2.31. The van der Waals surface area contributed by atoms with Gasteiger partial charge in [0.05, 0.1) is 18.7 Å². The average molecular weight is 392 g/mol. The van der Waals surface area contributed by atoms with Crippen LogP contribution in [-0.2, 0) is 19.3 Å². The van der Waals surface area contributed by atoms with Crippen molar-refractivity contribution in [2.75, 3.05) is 0 Å². The van der Waals surface area contributed by atoms with E-state index in [9.17, 15) is 22.8 Å². The van der Waals surface area contributed by atoms with Crippen molar-refractivity contribution in [3.05, 3.63) is 92.0 Å². The van der Waals surface area contributed by atoms with Gasteiger partial charge in [-0.2, -0.15) is 13.2 Å². The summed E-state index contributed by atoms with van der Waals surface area (Å²) in [6.45, 7) is 0.414. The van der Waals surface area contributed by atoms with Gasteiger partial charge in [-0.1, -0.05) is 18.2 Å². The number of amides is 1. The molecule has 1 amide bonds. The summed E-state index contributed by atoms with van der Waals surface area (Å²) < 4.78 is 39.4. The zero-order chi connectivity index (χ0) is 19.4. The van der Waals surface area contributed by atoms with E-state index in [-0.39, 0.29) is 12.5 Å². The van der Waals surface area contributed by atoms with Gasteiger partial charge >= 0.3 is 6.18 Å². The fraction of sp³-hybridized carbons (Fsp3) is 0.158. The topological polar surface area (TPSA) is 51.1 Å². The lowest BCUT2D eigenvalue weighted by molar-refractivity contribution is -0.138. The summed E-state index contributed by atoms with van der Waals surface area (Å²) in [7, 11) is 0. The summed E-state index contributed by atoms with van der Waals surface area (Å²) in [4.78, 5) is 25.0. The summed E-state index contributed by atoms with van der Waals surface area (Å²) in [5.74, 6) is -0.244. The maximum Gasteiger partial charge on any atom is 0.417 e. The van der Waals surface area contributed by atoms with Crippen molar-refractivity contribution >= 4 is 17.2 Å². The molecule has 8 heteroatoms. The Morgan fingerprint density at radius 1 is 1.07 bits per heavy atom. The van der Waals surface area contributed by atoms with E-state index in [1.165, 1.54) is 0 Å². The molecule has 0 bridgehead atoms. The van der Waals surface area contributed by atoms with Crippen molar-refractivity contribution in [3.63, 3.8) is 0 Å². The Hall–Kier alpha value is -2.87. The Morgan fingerprint density at radius 3 is 2.44 bits per heavy atom. The van der Waals surface area contributed by atoms with Gasteiger partial charge in [0.2, 0.25) is 0 Å². The molecule has 2 aromatic heterocycles. The molecule has 0 aliphatic rings. The van der Waals surface area contributed by atoms with Crippen molar-refractivity contribution in [3.8, 4) is 0 Å². The molecule has 0 radical (unpaired) electrons. The van der Waals surface area contributed by atoms with Gasteiger partial charge in [0.15, 0.2) is 0 Å². The van der Waals surface area contributed by atoms with Crippen LogP contribution in [0.2, 0.25) is 0 Å². The number of halogens is 3. The zero-order valence-electron chi connectivity index (χ0n) is 14.0. The van der Waals surface area contributed by atoms with E-state index in [4.69, 9.17) is 0 Å². The van der Waals surface area contributed by atoms with Gasteiger partial charge < -0.3 is 9.88 Å². The molecule has 0 aliphatic carbocycles.